The lowest BCUT2D eigenvalue weighted by Gasteiger charge is -2.10. The topological polar surface area (TPSA) is 22.0 Å². The summed E-state index contributed by atoms with van der Waals surface area (Å²) in [7, 11) is 0. The zero-order chi connectivity index (χ0) is 16.7. The molecule has 0 fully saturated rings. The first-order chi connectivity index (χ1) is 10.5. The van der Waals surface area contributed by atoms with E-state index in [2.05, 4.69) is 26.6 Å². The summed E-state index contributed by atoms with van der Waals surface area (Å²) in [6, 6.07) is 8.58. The fourth-order valence-corrected chi connectivity index (χ4v) is 2.52. The molecule has 1 heterocycles. The second-order valence-electron chi connectivity index (χ2n) is 4.96. The molecule has 120 valence electrons. The van der Waals surface area contributed by atoms with Gasteiger partial charge in [0.15, 0.2) is 0 Å². The van der Waals surface area contributed by atoms with Crippen molar-refractivity contribution in [2.45, 2.75) is 40.7 Å². The molecular formula is C18H23BrFNO. The number of hydrogen-bond acceptors (Lipinski definition) is 1. The Hall–Kier alpha value is -1.42. The molecule has 0 aliphatic rings. The second-order valence-corrected chi connectivity index (χ2v) is 5.52. The normalized spacial score (nSPS) is 10.1. The van der Waals surface area contributed by atoms with Gasteiger partial charge >= 0.3 is 0 Å². The van der Waals surface area contributed by atoms with Gasteiger partial charge in [-0.2, -0.15) is 0 Å². The van der Waals surface area contributed by atoms with Crippen LogP contribution in [0, 0.1) is 19.7 Å². The Kier molecular flexibility index (Phi) is 7.52. The van der Waals surface area contributed by atoms with E-state index in [0.29, 0.717) is 18.3 Å². The van der Waals surface area contributed by atoms with Gasteiger partial charge < -0.3 is 4.57 Å². The molecule has 2 nitrogen and oxygen atoms in total. The summed E-state index contributed by atoms with van der Waals surface area (Å²) < 4.78 is 15.1. The average molecular weight is 368 g/mol. The monoisotopic (exact) mass is 367 g/mol. The van der Waals surface area contributed by atoms with Gasteiger partial charge in [0, 0.05) is 24.4 Å². The molecule has 0 saturated heterocycles. The van der Waals surface area contributed by atoms with Gasteiger partial charge in [0.2, 0.25) is 0 Å². The Morgan fingerprint density at radius 2 is 1.77 bits per heavy atom. The number of aromatic nitrogens is 1. The Morgan fingerprint density at radius 3 is 2.32 bits per heavy atom. The van der Waals surface area contributed by atoms with Crippen molar-refractivity contribution < 1.29 is 9.18 Å². The zero-order valence-electron chi connectivity index (χ0n) is 13.6. The van der Waals surface area contributed by atoms with E-state index in [0.717, 1.165) is 22.5 Å². The van der Waals surface area contributed by atoms with Crippen LogP contribution >= 0.6 is 15.9 Å². The van der Waals surface area contributed by atoms with E-state index in [9.17, 15) is 9.18 Å². The molecule has 1 aromatic heterocycles. The van der Waals surface area contributed by atoms with E-state index in [4.69, 9.17) is 0 Å². The standard InChI is InChI=1S/C16H17BrFNO.C2H6/c1-11-7-14(8-16(20)9-17)12(2)19(11)10-13-3-5-15(18)6-4-13;1-2/h3-7H,8-10H2,1-2H3;1-2H3. The van der Waals surface area contributed by atoms with Gasteiger partial charge in [0.1, 0.15) is 11.6 Å². The lowest BCUT2D eigenvalue weighted by molar-refractivity contribution is -0.115. The van der Waals surface area contributed by atoms with Crippen molar-refractivity contribution in [2.24, 2.45) is 0 Å². The van der Waals surface area contributed by atoms with Crippen LogP contribution in [0.15, 0.2) is 30.3 Å². The third kappa shape index (κ3) is 4.80. The van der Waals surface area contributed by atoms with Crippen molar-refractivity contribution in [2.75, 3.05) is 5.33 Å². The minimum atomic E-state index is -0.224. The highest BCUT2D eigenvalue weighted by Crippen LogP contribution is 2.18. The molecular weight excluding hydrogens is 345 g/mol. The van der Waals surface area contributed by atoms with Crippen molar-refractivity contribution in [1.82, 2.24) is 4.57 Å². The molecule has 0 amide bonds. The molecule has 2 aromatic rings. The molecule has 0 saturated carbocycles. The van der Waals surface area contributed by atoms with Crippen molar-refractivity contribution in [3.05, 3.63) is 58.7 Å². The Labute approximate surface area is 140 Å². The molecule has 0 atom stereocenters. The summed E-state index contributed by atoms with van der Waals surface area (Å²) >= 11 is 3.19. The Morgan fingerprint density at radius 1 is 1.18 bits per heavy atom. The second kappa shape index (κ2) is 8.89. The highest BCUT2D eigenvalue weighted by molar-refractivity contribution is 9.09. The predicted octanol–water partition coefficient (Wildman–Crippen LogP) is 4.83. The average Bonchev–Trinajstić information content (AvgIpc) is 2.78. The van der Waals surface area contributed by atoms with Crippen LogP contribution in [0.25, 0.3) is 0 Å². The predicted molar refractivity (Wildman–Crippen MR) is 93.3 cm³/mol. The van der Waals surface area contributed by atoms with E-state index in [1.807, 2.05) is 27.7 Å². The minimum absolute atomic E-state index is 0.173. The number of carbonyl (C=O) groups is 1. The van der Waals surface area contributed by atoms with E-state index < -0.39 is 0 Å². The van der Waals surface area contributed by atoms with Crippen molar-refractivity contribution in [3.63, 3.8) is 0 Å². The molecule has 4 heteroatoms. The molecule has 0 N–H and O–H groups in total. The van der Waals surface area contributed by atoms with Crippen molar-refractivity contribution in [3.8, 4) is 0 Å². The van der Waals surface area contributed by atoms with Gasteiger partial charge in [-0.15, -0.1) is 0 Å². The third-order valence-corrected chi connectivity index (χ3v) is 4.09. The van der Waals surface area contributed by atoms with Gasteiger partial charge in [-0.05, 0) is 43.2 Å². The molecule has 0 bridgehead atoms. The molecule has 22 heavy (non-hydrogen) atoms. The summed E-state index contributed by atoms with van der Waals surface area (Å²) in [6.07, 6.45) is 0.453. The number of benzene rings is 1. The number of ketones is 1. The highest BCUT2D eigenvalue weighted by atomic mass is 79.9. The van der Waals surface area contributed by atoms with Gasteiger partial charge in [-0.1, -0.05) is 41.9 Å². The quantitative estimate of drug-likeness (QED) is 0.694. The van der Waals surface area contributed by atoms with Gasteiger partial charge in [-0.3, -0.25) is 4.79 Å². The Balaban J connectivity index is 0.00000116. The first kappa shape index (κ1) is 18.6. The summed E-state index contributed by atoms with van der Waals surface area (Å²) in [5.41, 5.74) is 4.32. The maximum absolute atomic E-state index is 12.9. The number of hydrogen-bond donors (Lipinski definition) is 0. The van der Waals surface area contributed by atoms with E-state index >= 15 is 0 Å². The summed E-state index contributed by atoms with van der Waals surface area (Å²) in [5, 5.41) is 0.384. The van der Waals surface area contributed by atoms with Crippen molar-refractivity contribution >= 4 is 21.7 Å². The van der Waals surface area contributed by atoms with Crippen LogP contribution in [0.3, 0.4) is 0 Å². The fourth-order valence-electron chi connectivity index (χ4n) is 2.33. The van der Waals surface area contributed by atoms with Crippen LogP contribution in [-0.4, -0.2) is 15.7 Å². The number of nitrogens with zero attached hydrogens (tertiary/aromatic N) is 1. The number of rotatable bonds is 5. The minimum Gasteiger partial charge on any atom is -0.345 e. The largest absolute Gasteiger partial charge is 0.345 e. The number of alkyl halides is 1. The summed E-state index contributed by atoms with van der Waals surface area (Å²) in [4.78, 5) is 11.6. The lowest BCUT2D eigenvalue weighted by atomic mass is 10.1. The van der Waals surface area contributed by atoms with E-state index in [-0.39, 0.29) is 11.6 Å². The highest BCUT2D eigenvalue weighted by Gasteiger charge is 2.12. The number of carbonyl (C=O) groups excluding carboxylic acids is 1. The maximum atomic E-state index is 12.9. The smallest absolute Gasteiger partial charge is 0.147 e. The van der Waals surface area contributed by atoms with Crippen LogP contribution < -0.4 is 0 Å². The summed E-state index contributed by atoms with van der Waals surface area (Å²) in [6.45, 7) is 8.74. The van der Waals surface area contributed by atoms with E-state index in [1.54, 1.807) is 12.1 Å². The van der Waals surface area contributed by atoms with Crippen LogP contribution in [0.5, 0.6) is 0 Å². The molecule has 0 aliphatic carbocycles. The molecule has 1 aromatic carbocycles. The van der Waals surface area contributed by atoms with Crippen molar-refractivity contribution in [1.29, 1.82) is 0 Å². The van der Waals surface area contributed by atoms with Crippen LogP contribution in [-0.2, 0) is 17.8 Å². The molecule has 2 rings (SSSR count). The number of halogens is 2. The van der Waals surface area contributed by atoms with Gasteiger partial charge in [-0.25, -0.2) is 4.39 Å². The van der Waals surface area contributed by atoms with Crippen LogP contribution in [0.4, 0.5) is 4.39 Å². The van der Waals surface area contributed by atoms with Crippen LogP contribution in [0.1, 0.15) is 36.4 Å². The molecule has 0 spiro atoms. The lowest BCUT2D eigenvalue weighted by Crippen LogP contribution is -2.07. The summed E-state index contributed by atoms with van der Waals surface area (Å²) in [5.74, 6) is -0.0506. The zero-order valence-corrected chi connectivity index (χ0v) is 15.2. The Bertz CT molecular complexity index is 617. The van der Waals surface area contributed by atoms with E-state index in [1.165, 1.54) is 12.1 Å². The van der Waals surface area contributed by atoms with Crippen LogP contribution in [0.2, 0.25) is 0 Å². The first-order valence-electron chi connectivity index (χ1n) is 7.49. The molecule has 0 radical (unpaired) electrons. The SMILES string of the molecule is CC.Cc1cc(CC(=O)CBr)c(C)n1Cc1ccc(F)cc1. The number of aryl methyl sites for hydroxylation is 1. The third-order valence-electron chi connectivity index (χ3n) is 3.47. The van der Waals surface area contributed by atoms with Gasteiger partial charge in [0.25, 0.3) is 0 Å². The molecule has 0 unspecified atom stereocenters. The first-order valence-corrected chi connectivity index (χ1v) is 8.61. The van der Waals surface area contributed by atoms with Gasteiger partial charge in [0.05, 0.1) is 5.33 Å². The molecule has 0 aliphatic heterocycles. The maximum Gasteiger partial charge on any atom is 0.147 e. The number of Topliss-reactive ketones (excluding diaryl/α,β-unsaturated/α-hetero) is 1. The fraction of sp³-hybridized carbons (Fsp3) is 0.389.